The van der Waals surface area contributed by atoms with Gasteiger partial charge in [-0.05, 0) is 23.6 Å². The number of carbonyl (C=O) groups is 2. The summed E-state index contributed by atoms with van der Waals surface area (Å²) in [5.41, 5.74) is 2.79. The first-order chi connectivity index (χ1) is 12.9. The number of nitrogens with zero attached hydrogens (tertiary/aromatic N) is 2. The zero-order chi connectivity index (χ0) is 19.2. The fourth-order valence-electron chi connectivity index (χ4n) is 3.69. The average Bonchev–Trinajstić information content (AvgIpc) is 3.20. The second kappa shape index (κ2) is 6.51. The van der Waals surface area contributed by atoms with Crippen molar-refractivity contribution in [2.24, 2.45) is 5.41 Å². The molecule has 0 bridgehead atoms. The van der Waals surface area contributed by atoms with Crippen molar-refractivity contribution in [2.75, 3.05) is 6.54 Å². The third-order valence-corrected chi connectivity index (χ3v) is 5.95. The van der Waals surface area contributed by atoms with E-state index in [-0.39, 0.29) is 11.3 Å². The minimum absolute atomic E-state index is 0.00656. The lowest BCUT2D eigenvalue weighted by molar-refractivity contribution is 0.0683. The van der Waals surface area contributed by atoms with Crippen molar-refractivity contribution in [2.45, 2.75) is 26.9 Å². The highest BCUT2D eigenvalue weighted by Gasteiger charge is 2.32. The number of benzene rings is 1. The van der Waals surface area contributed by atoms with Gasteiger partial charge in [-0.25, -0.2) is 5.48 Å². The molecular formula is C20H21N3O3S. The van der Waals surface area contributed by atoms with Crippen LogP contribution in [0, 0.1) is 5.41 Å². The number of fused-ring (bicyclic) bond motifs is 2. The molecule has 2 aromatic heterocycles. The number of thiophene rings is 1. The van der Waals surface area contributed by atoms with E-state index in [1.54, 1.807) is 17.7 Å². The minimum atomic E-state index is -0.546. The Morgan fingerprint density at radius 1 is 1.19 bits per heavy atom. The second-order valence-corrected chi connectivity index (χ2v) is 8.85. The van der Waals surface area contributed by atoms with Gasteiger partial charge in [0.1, 0.15) is 0 Å². The number of hydrogen-bond acceptors (Lipinski definition) is 4. The Labute approximate surface area is 161 Å². The summed E-state index contributed by atoms with van der Waals surface area (Å²) in [7, 11) is 0. The van der Waals surface area contributed by atoms with Gasteiger partial charge in [-0.3, -0.25) is 14.8 Å². The highest BCUT2D eigenvalue weighted by atomic mass is 32.1. The highest BCUT2D eigenvalue weighted by molar-refractivity contribution is 7.20. The number of nitrogens with one attached hydrogen (secondary N) is 1. The summed E-state index contributed by atoms with van der Waals surface area (Å²) in [4.78, 5) is 27.6. The second-order valence-electron chi connectivity index (χ2n) is 7.76. The summed E-state index contributed by atoms with van der Waals surface area (Å²) < 4.78 is 3.10. The van der Waals surface area contributed by atoms with Crippen LogP contribution in [0.1, 0.15) is 39.6 Å². The van der Waals surface area contributed by atoms with E-state index in [1.807, 2.05) is 39.8 Å². The Kier molecular flexibility index (Phi) is 4.28. The normalized spacial score (nSPS) is 16.0. The highest BCUT2D eigenvalue weighted by Crippen LogP contribution is 2.31. The van der Waals surface area contributed by atoms with Gasteiger partial charge in [-0.2, -0.15) is 0 Å². The largest absolute Gasteiger partial charge is 0.348 e. The molecule has 4 rings (SSSR count). The van der Waals surface area contributed by atoms with Gasteiger partial charge in [0, 0.05) is 35.1 Å². The van der Waals surface area contributed by atoms with Crippen LogP contribution in [0.25, 0.3) is 10.1 Å². The quantitative estimate of drug-likeness (QED) is 0.525. The summed E-state index contributed by atoms with van der Waals surface area (Å²) >= 11 is 1.51. The van der Waals surface area contributed by atoms with Gasteiger partial charge in [-0.1, -0.05) is 32.0 Å². The van der Waals surface area contributed by atoms with E-state index >= 15 is 0 Å². The molecule has 27 heavy (non-hydrogen) atoms. The molecule has 2 amide bonds. The topological polar surface area (TPSA) is 74.6 Å². The van der Waals surface area contributed by atoms with Crippen LogP contribution in [0.15, 0.2) is 42.6 Å². The molecular weight excluding hydrogens is 362 g/mol. The molecule has 1 aromatic carbocycles. The molecule has 0 saturated heterocycles. The standard InChI is InChI=1S/C20H21N3O3S/c1-20(2)11-22-9-14(18(24)21-26)7-15(22)10-23(12-20)19(25)17-8-13-5-3-4-6-16(13)27-17/h3-9,26H,10-12H2,1-2H3,(H,21,24). The third-order valence-electron chi connectivity index (χ3n) is 4.84. The molecule has 140 valence electrons. The van der Waals surface area contributed by atoms with Crippen LogP contribution < -0.4 is 5.48 Å². The van der Waals surface area contributed by atoms with Crippen LogP contribution in [0.5, 0.6) is 0 Å². The lowest BCUT2D eigenvalue weighted by Crippen LogP contribution is -2.37. The van der Waals surface area contributed by atoms with Gasteiger partial charge in [0.2, 0.25) is 0 Å². The molecule has 0 fully saturated rings. The van der Waals surface area contributed by atoms with Crippen LogP contribution in [0.3, 0.4) is 0 Å². The number of hydroxylamine groups is 1. The predicted molar refractivity (Wildman–Crippen MR) is 104 cm³/mol. The number of carbonyl (C=O) groups excluding carboxylic acids is 2. The third kappa shape index (κ3) is 3.36. The Bertz CT molecular complexity index is 1000. The molecule has 0 unspecified atom stereocenters. The average molecular weight is 383 g/mol. The van der Waals surface area contributed by atoms with E-state index in [1.165, 1.54) is 11.3 Å². The van der Waals surface area contributed by atoms with Gasteiger partial charge < -0.3 is 9.47 Å². The first kappa shape index (κ1) is 17.8. The summed E-state index contributed by atoms with van der Waals surface area (Å²) in [5, 5.41) is 9.97. The SMILES string of the molecule is CC1(C)CN(C(=O)c2cc3ccccc3s2)Cc2cc(C(=O)NO)cn2C1. The first-order valence-electron chi connectivity index (χ1n) is 8.78. The molecule has 3 aromatic rings. The molecule has 1 aliphatic rings. The van der Waals surface area contributed by atoms with Gasteiger partial charge in [0.05, 0.1) is 17.0 Å². The smallest absolute Gasteiger partial charge is 0.276 e. The van der Waals surface area contributed by atoms with Crippen molar-refractivity contribution < 1.29 is 14.8 Å². The molecule has 0 saturated carbocycles. The van der Waals surface area contributed by atoms with Crippen molar-refractivity contribution in [1.82, 2.24) is 14.9 Å². The van der Waals surface area contributed by atoms with Crippen LogP contribution in [-0.4, -0.2) is 33.0 Å². The molecule has 3 heterocycles. The van der Waals surface area contributed by atoms with Crippen molar-refractivity contribution >= 4 is 33.2 Å². The van der Waals surface area contributed by atoms with Crippen LogP contribution in [-0.2, 0) is 13.1 Å². The fraction of sp³-hybridized carbons (Fsp3) is 0.300. The van der Waals surface area contributed by atoms with E-state index in [9.17, 15) is 9.59 Å². The fourth-order valence-corrected chi connectivity index (χ4v) is 4.72. The van der Waals surface area contributed by atoms with E-state index in [4.69, 9.17) is 5.21 Å². The Morgan fingerprint density at radius 2 is 1.96 bits per heavy atom. The molecule has 0 atom stereocenters. The van der Waals surface area contributed by atoms with Crippen LogP contribution in [0.2, 0.25) is 0 Å². The van der Waals surface area contributed by atoms with Crippen LogP contribution in [0.4, 0.5) is 0 Å². The van der Waals surface area contributed by atoms with Gasteiger partial charge in [-0.15, -0.1) is 11.3 Å². The van der Waals surface area contributed by atoms with Gasteiger partial charge in [0.15, 0.2) is 0 Å². The maximum atomic E-state index is 13.2. The van der Waals surface area contributed by atoms with Crippen molar-refractivity contribution in [1.29, 1.82) is 0 Å². The Hall–Kier alpha value is -2.64. The molecule has 7 heteroatoms. The maximum absolute atomic E-state index is 13.2. The van der Waals surface area contributed by atoms with E-state index in [0.717, 1.165) is 20.7 Å². The lowest BCUT2D eigenvalue weighted by atomic mass is 9.93. The monoisotopic (exact) mass is 383 g/mol. The van der Waals surface area contributed by atoms with Gasteiger partial charge in [0.25, 0.3) is 11.8 Å². The summed E-state index contributed by atoms with van der Waals surface area (Å²) in [6.07, 6.45) is 1.73. The van der Waals surface area contributed by atoms with Crippen molar-refractivity contribution in [3.63, 3.8) is 0 Å². The van der Waals surface area contributed by atoms with Crippen LogP contribution >= 0.6 is 11.3 Å². The zero-order valence-electron chi connectivity index (χ0n) is 15.2. The summed E-state index contributed by atoms with van der Waals surface area (Å²) in [6.45, 7) is 5.97. The van der Waals surface area contributed by atoms with E-state index in [0.29, 0.717) is 25.2 Å². The molecule has 0 radical (unpaired) electrons. The molecule has 1 aliphatic heterocycles. The first-order valence-corrected chi connectivity index (χ1v) is 9.59. The maximum Gasteiger partial charge on any atom is 0.276 e. The number of hydrogen-bond donors (Lipinski definition) is 2. The van der Waals surface area contributed by atoms with Crippen molar-refractivity contribution in [3.8, 4) is 0 Å². The Morgan fingerprint density at radius 3 is 2.70 bits per heavy atom. The summed E-state index contributed by atoms with van der Waals surface area (Å²) in [5.74, 6) is -0.539. The summed E-state index contributed by atoms with van der Waals surface area (Å²) in [6, 6.07) is 11.7. The minimum Gasteiger partial charge on any atom is -0.348 e. The molecule has 2 N–H and O–H groups in total. The number of amides is 2. The molecule has 0 aliphatic carbocycles. The van der Waals surface area contributed by atoms with E-state index < -0.39 is 5.91 Å². The van der Waals surface area contributed by atoms with Gasteiger partial charge >= 0.3 is 0 Å². The van der Waals surface area contributed by atoms with E-state index in [2.05, 4.69) is 13.8 Å². The number of aromatic nitrogens is 1. The van der Waals surface area contributed by atoms with Crippen molar-refractivity contribution in [3.05, 3.63) is 58.7 Å². The number of rotatable bonds is 2. The predicted octanol–water partition coefficient (Wildman–Crippen LogP) is 3.50. The lowest BCUT2D eigenvalue weighted by Gasteiger charge is -2.29. The molecule has 6 nitrogen and oxygen atoms in total. The molecule has 0 spiro atoms. The Balaban J connectivity index is 1.68. The zero-order valence-corrected chi connectivity index (χ0v) is 16.0.